The summed E-state index contributed by atoms with van der Waals surface area (Å²) in [6, 6.07) is 16.2. The van der Waals surface area contributed by atoms with Crippen LogP contribution in [0.15, 0.2) is 67.3 Å². The van der Waals surface area contributed by atoms with Gasteiger partial charge in [-0.2, -0.15) is 0 Å². The first kappa shape index (κ1) is 19.4. The largest absolute Gasteiger partial charge is 0.350 e. The van der Waals surface area contributed by atoms with E-state index >= 15 is 0 Å². The lowest BCUT2D eigenvalue weighted by Crippen LogP contribution is -2.54. The minimum Gasteiger partial charge on any atom is -0.350 e. The average molecular weight is 390 g/mol. The number of fused-ring (bicyclic) bond motifs is 3. The third-order valence-corrected chi connectivity index (χ3v) is 5.72. The molecule has 0 radical (unpaired) electrons. The van der Waals surface area contributed by atoms with Gasteiger partial charge < -0.3 is 15.0 Å². The molecule has 2 aromatic rings. The third-order valence-electron chi connectivity index (χ3n) is 5.72. The SMILES string of the molecule is C=CC[C@@H](NC(=O)c1ccccc1)C(=O)N1[C@H]2c3ccccc3C[C@H]2OC1(C)C. The Morgan fingerprint density at radius 3 is 2.62 bits per heavy atom. The van der Waals surface area contributed by atoms with Crippen molar-refractivity contribution in [3.8, 4) is 0 Å². The van der Waals surface area contributed by atoms with Gasteiger partial charge in [-0.3, -0.25) is 9.59 Å². The van der Waals surface area contributed by atoms with Gasteiger partial charge in [-0.1, -0.05) is 48.5 Å². The molecule has 29 heavy (non-hydrogen) atoms. The van der Waals surface area contributed by atoms with Crippen LogP contribution in [0.25, 0.3) is 0 Å². The fraction of sp³-hybridized carbons (Fsp3) is 0.333. The second-order valence-electron chi connectivity index (χ2n) is 8.08. The van der Waals surface area contributed by atoms with E-state index in [4.69, 9.17) is 4.74 Å². The van der Waals surface area contributed by atoms with E-state index in [9.17, 15) is 9.59 Å². The molecule has 5 heteroatoms. The third kappa shape index (κ3) is 3.47. The summed E-state index contributed by atoms with van der Waals surface area (Å²) in [6.45, 7) is 7.60. The van der Waals surface area contributed by atoms with Crippen LogP contribution in [-0.2, 0) is 16.0 Å². The Kier molecular flexibility index (Phi) is 5.01. The van der Waals surface area contributed by atoms with Crippen molar-refractivity contribution in [1.82, 2.24) is 10.2 Å². The minimum absolute atomic E-state index is 0.0689. The van der Waals surface area contributed by atoms with Crippen molar-refractivity contribution >= 4 is 11.8 Å². The summed E-state index contributed by atoms with van der Waals surface area (Å²) in [6.07, 6.45) is 2.73. The van der Waals surface area contributed by atoms with Gasteiger partial charge in [0.25, 0.3) is 5.91 Å². The standard InChI is InChI=1S/C24H26N2O3/c1-4-10-19(25-22(27)16-11-6-5-7-12-16)23(28)26-21-18-14-9-8-13-17(18)15-20(21)29-24(26,2)3/h4-9,11-14,19-21H,1,10,15H2,2-3H3,(H,25,27)/t19-,20-,21+/m1/s1. The zero-order valence-corrected chi connectivity index (χ0v) is 16.8. The topological polar surface area (TPSA) is 58.6 Å². The summed E-state index contributed by atoms with van der Waals surface area (Å²) in [5.74, 6) is -0.421. The first-order chi connectivity index (χ1) is 13.9. The maximum atomic E-state index is 13.7. The molecule has 150 valence electrons. The molecule has 2 amide bonds. The summed E-state index contributed by atoms with van der Waals surface area (Å²) < 4.78 is 6.27. The lowest BCUT2D eigenvalue weighted by molar-refractivity contribution is -0.149. The minimum atomic E-state index is -0.753. The molecule has 1 fully saturated rings. The molecule has 2 aromatic carbocycles. The van der Waals surface area contributed by atoms with Crippen LogP contribution in [0.4, 0.5) is 0 Å². The van der Waals surface area contributed by atoms with E-state index in [2.05, 4.69) is 24.0 Å². The Hall–Kier alpha value is -2.92. The molecule has 4 rings (SSSR count). The smallest absolute Gasteiger partial charge is 0.251 e. The van der Waals surface area contributed by atoms with Crippen molar-refractivity contribution in [1.29, 1.82) is 0 Å². The second-order valence-corrected chi connectivity index (χ2v) is 8.08. The van der Waals surface area contributed by atoms with Crippen molar-refractivity contribution in [3.63, 3.8) is 0 Å². The molecular formula is C24H26N2O3. The quantitative estimate of drug-likeness (QED) is 0.794. The van der Waals surface area contributed by atoms with Gasteiger partial charge in [0.2, 0.25) is 5.91 Å². The van der Waals surface area contributed by atoms with Gasteiger partial charge in [0.1, 0.15) is 11.8 Å². The van der Waals surface area contributed by atoms with Gasteiger partial charge in [-0.05, 0) is 43.5 Å². The van der Waals surface area contributed by atoms with Crippen molar-refractivity contribution in [3.05, 3.63) is 83.9 Å². The van der Waals surface area contributed by atoms with Gasteiger partial charge in [-0.25, -0.2) is 0 Å². The molecular weight excluding hydrogens is 364 g/mol. The van der Waals surface area contributed by atoms with Gasteiger partial charge in [0, 0.05) is 12.0 Å². The molecule has 5 nitrogen and oxygen atoms in total. The maximum absolute atomic E-state index is 13.7. The van der Waals surface area contributed by atoms with Gasteiger partial charge in [0.15, 0.2) is 0 Å². The van der Waals surface area contributed by atoms with Crippen LogP contribution >= 0.6 is 0 Å². The highest BCUT2D eigenvalue weighted by atomic mass is 16.5. The molecule has 0 bridgehead atoms. The fourth-order valence-corrected chi connectivity index (χ4v) is 4.50. The summed E-state index contributed by atoms with van der Waals surface area (Å²) in [5.41, 5.74) is 2.11. The number of ether oxygens (including phenoxy) is 1. The number of carbonyl (C=O) groups is 2. The molecule has 0 spiro atoms. The van der Waals surface area contributed by atoms with Crippen LogP contribution < -0.4 is 5.32 Å². The Labute approximate surface area is 171 Å². The second kappa shape index (κ2) is 7.48. The molecule has 3 atom stereocenters. The Bertz CT molecular complexity index is 938. The first-order valence-corrected chi connectivity index (χ1v) is 9.98. The van der Waals surface area contributed by atoms with E-state index in [-0.39, 0.29) is 24.0 Å². The van der Waals surface area contributed by atoms with Gasteiger partial charge >= 0.3 is 0 Å². The monoisotopic (exact) mass is 390 g/mol. The van der Waals surface area contributed by atoms with Crippen molar-refractivity contribution in [2.45, 2.75) is 50.6 Å². The predicted molar refractivity (Wildman–Crippen MR) is 111 cm³/mol. The highest BCUT2D eigenvalue weighted by molar-refractivity contribution is 5.97. The summed E-state index contributed by atoms with van der Waals surface area (Å²) in [4.78, 5) is 28.2. The van der Waals surface area contributed by atoms with E-state index in [1.54, 1.807) is 30.3 Å². The van der Waals surface area contributed by atoms with Crippen LogP contribution in [0.1, 0.15) is 47.8 Å². The van der Waals surface area contributed by atoms with Crippen LogP contribution in [0.2, 0.25) is 0 Å². The number of hydrogen-bond donors (Lipinski definition) is 1. The van der Waals surface area contributed by atoms with E-state index in [0.29, 0.717) is 12.0 Å². The zero-order valence-electron chi connectivity index (χ0n) is 16.8. The molecule has 0 aromatic heterocycles. The van der Waals surface area contributed by atoms with E-state index in [1.165, 1.54) is 5.56 Å². The van der Waals surface area contributed by atoms with E-state index in [0.717, 1.165) is 12.0 Å². The van der Waals surface area contributed by atoms with Crippen molar-refractivity contribution in [2.75, 3.05) is 0 Å². The molecule has 1 aliphatic carbocycles. The molecule has 2 aliphatic rings. The lowest BCUT2D eigenvalue weighted by atomic mass is 10.0. The van der Waals surface area contributed by atoms with Gasteiger partial charge in [0.05, 0.1) is 12.1 Å². The Balaban J connectivity index is 1.62. The summed E-state index contributed by atoms with van der Waals surface area (Å²) in [7, 11) is 0. The van der Waals surface area contributed by atoms with E-state index in [1.807, 2.05) is 36.9 Å². The molecule has 1 aliphatic heterocycles. The fourth-order valence-electron chi connectivity index (χ4n) is 4.50. The van der Waals surface area contributed by atoms with Crippen LogP contribution in [-0.4, -0.2) is 34.6 Å². The zero-order chi connectivity index (χ0) is 20.6. The molecule has 1 heterocycles. The number of amides is 2. The maximum Gasteiger partial charge on any atom is 0.251 e. The van der Waals surface area contributed by atoms with Gasteiger partial charge in [-0.15, -0.1) is 6.58 Å². The lowest BCUT2D eigenvalue weighted by Gasteiger charge is -2.36. The summed E-state index contributed by atoms with van der Waals surface area (Å²) >= 11 is 0. The van der Waals surface area contributed by atoms with Crippen LogP contribution in [0.3, 0.4) is 0 Å². The Morgan fingerprint density at radius 1 is 1.21 bits per heavy atom. The molecule has 0 saturated carbocycles. The molecule has 0 unspecified atom stereocenters. The first-order valence-electron chi connectivity index (χ1n) is 9.98. The number of nitrogens with one attached hydrogen (secondary N) is 1. The van der Waals surface area contributed by atoms with Crippen LogP contribution in [0.5, 0.6) is 0 Å². The predicted octanol–water partition coefficient (Wildman–Crippen LogP) is 3.62. The number of carbonyl (C=O) groups excluding carboxylic acids is 2. The molecule has 1 N–H and O–H groups in total. The highest BCUT2D eigenvalue weighted by Crippen LogP contribution is 2.48. The normalized spacial score (nSPS) is 22.5. The average Bonchev–Trinajstić information content (AvgIpc) is 3.18. The highest BCUT2D eigenvalue weighted by Gasteiger charge is 2.54. The van der Waals surface area contributed by atoms with Crippen LogP contribution in [0, 0.1) is 0 Å². The number of nitrogens with zero attached hydrogens (tertiary/aromatic N) is 1. The number of hydrogen-bond acceptors (Lipinski definition) is 3. The van der Waals surface area contributed by atoms with Crippen molar-refractivity contribution in [2.24, 2.45) is 0 Å². The van der Waals surface area contributed by atoms with E-state index < -0.39 is 11.8 Å². The Morgan fingerprint density at radius 2 is 1.90 bits per heavy atom. The number of benzene rings is 2. The molecule has 1 saturated heterocycles. The number of rotatable bonds is 5. The van der Waals surface area contributed by atoms with Crippen molar-refractivity contribution < 1.29 is 14.3 Å². The summed E-state index contributed by atoms with van der Waals surface area (Å²) in [5, 5.41) is 2.90.